The number of amides is 1. The molecule has 0 fully saturated rings. The van der Waals surface area contributed by atoms with Gasteiger partial charge in [-0.1, -0.05) is 48.5 Å². The molecule has 3 aromatic carbocycles. The third-order valence-electron chi connectivity index (χ3n) is 4.72. The average molecular weight is 398 g/mol. The standard InChI is InChI=1S/C25H22N2O3/c1-30-25(29)14-9-18-3-2-4-23(15-18)27-24(28)16-19-5-10-21(11-6-19)22-12-7-20(17-26)8-13-22/h2-8,10-13,15H,9,14,16H2,1H3,(H,27,28). The van der Waals surface area contributed by atoms with E-state index in [0.717, 1.165) is 22.3 Å². The smallest absolute Gasteiger partial charge is 0.305 e. The number of nitrogens with zero attached hydrogens (tertiary/aromatic N) is 1. The van der Waals surface area contributed by atoms with Crippen molar-refractivity contribution in [1.29, 1.82) is 5.26 Å². The number of esters is 1. The van der Waals surface area contributed by atoms with Gasteiger partial charge in [0.1, 0.15) is 0 Å². The van der Waals surface area contributed by atoms with E-state index in [9.17, 15) is 9.59 Å². The van der Waals surface area contributed by atoms with Crippen LogP contribution in [0, 0.1) is 11.3 Å². The van der Waals surface area contributed by atoms with Crippen LogP contribution < -0.4 is 5.32 Å². The molecule has 3 aromatic rings. The Morgan fingerprint density at radius 2 is 1.60 bits per heavy atom. The number of ether oxygens (including phenoxy) is 1. The molecule has 5 nitrogen and oxygen atoms in total. The van der Waals surface area contributed by atoms with Crippen molar-refractivity contribution in [2.45, 2.75) is 19.3 Å². The predicted molar refractivity (Wildman–Crippen MR) is 116 cm³/mol. The van der Waals surface area contributed by atoms with Gasteiger partial charge in [0.25, 0.3) is 0 Å². The van der Waals surface area contributed by atoms with Crippen molar-refractivity contribution in [2.24, 2.45) is 0 Å². The zero-order chi connectivity index (χ0) is 21.3. The minimum atomic E-state index is -0.256. The van der Waals surface area contributed by atoms with Crippen LogP contribution in [0.1, 0.15) is 23.1 Å². The largest absolute Gasteiger partial charge is 0.469 e. The summed E-state index contributed by atoms with van der Waals surface area (Å²) in [5.41, 5.74) is 5.26. The Balaban J connectivity index is 1.58. The fourth-order valence-electron chi connectivity index (χ4n) is 3.10. The molecule has 150 valence electrons. The van der Waals surface area contributed by atoms with Gasteiger partial charge in [0.15, 0.2) is 0 Å². The average Bonchev–Trinajstić information content (AvgIpc) is 2.78. The van der Waals surface area contributed by atoms with E-state index < -0.39 is 0 Å². The molecule has 30 heavy (non-hydrogen) atoms. The van der Waals surface area contributed by atoms with Crippen LogP contribution in [-0.2, 0) is 27.2 Å². The number of carbonyl (C=O) groups is 2. The maximum absolute atomic E-state index is 12.4. The number of hydrogen-bond acceptors (Lipinski definition) is 4. The lowest BCUT2D eigenvalue weighted by molar-refractivity contribution is -0.140. The summed E-state index contributed by atoms with van der Waals surface area (Å²) in [6.07, 6.45) is 1.13. The Labute approximate surface area is 175 Å². The van der Waals surface area contributed by atoms with Crippen LogP contribution in [0.4, 0.5) is 5.69 Å². The summed E-state index contributed by atoms with van der Waals surface area (Å²) in [5.74, 6) is -0.361. The van der Waals surface area contributed by atoms with Gasteiger partial charge in [0.2, 0.25) is 5.91 Å². The van der Waals surface area contributed by atoms with E-state index in [-0.39, 0.29) is 18.3 Å². The van der Waals surface area contributed by atoms with E-state index in [0.29, 0.717) is 24.1 Å². The number of hydrogen-bond donors (Lipinski definition) is 1. The molecule has 0 spiro atoms. The number of rotatable bonds is 7. The Morgan fingerprint density at radius 3 is 2.23 bits per heavy atom. The van der Waals surface area contributed by atoms with Crippen molar-refractivity contribution in [3.63, 3.8) is 0 Å². The second kappa shape index (κ2) is 10.0. The van der Waals surface area contributed by atoms with Gasteiger partial charge in [-0.2, -0.15) is 5.26 Å². The van der Waals surface area contributed by atoms with Gasteiger partial charge in [0, 0.05) is 12.1 Å². The molecule has 0 aliphatic heterocycles. The van der Waals surface area contributed by atoms with Gasteiger partial charge >= 0.3 is 5.97 Å². The normalized spacial score (nSPS) is 10.1. The highest BCUT2D eigenvalue weighted by Crippen LogP contribution is 2.21. The summed E-state index contributed by atoms with van der Waals surface area (Å²) in [6, 6.07) is 24.8. The fourth-order valence-corrected chi connectivity index (χ4v) is 3.10. The minimum Gasteiger partial charge on any atom is -0.469 e. The first-order valence-corrected chi connectivity index (χ1v) is 9.62. The Kier molecular flexibility index (Phi) is 6.96. The first kappa shape index (κ1) is 20.8. The van der Waals surface area contributed by atoms with Crippen LogP contribution in [0.3, 0.4) is 0 Å². The van der Waals surface area contributed by atoms with Crippen molar-refractivity contribution >= 4 is 17.6 Å². The van der Waals surface area contributed by atoms with Gasteiger partial charge in [-0.15, -0.1) is 0 Å². The highest BCUT2D eigenvalue weighted by atomic mass is 16.5. The lowest BCUT2D eigenvalue weighted by atomic mass is 10.0. The third kappa shape index (κ3) is 5.79. The molecule has 0 saturated carbocycles. The van der Waals surface area contributed by atoms with Crippen LogP contribution in [-0.4, -0.2) is 19.0 Å². The molecule has 0 heterocycles. The van der Waals surface area contributed by atoms with E-state index in [1.807, 2.05) is 60.7 Å². The Bertz CT molecular complexity index is 1060. The minimum absolute atomic E-state index is 0.105. The summed E-state index contributed by atoms with van der Waals surface area (Å²) < 4.78 is 4.66. The van der Waals surface area contributed by atoms with Crippen molar-refractivity contribution in [3.05, 3.63) is 89.5 Å². The number of methoxy groups -OCH3 is 1. The molecular weight excluding hydrogens is 376 g/mol. The number of benzene rings is 3. The molecule has 0 radical (unpaired) electrons. The summed E-state index contributed by atoms with van der Waals surface area (Å²) in [6.45, 7) is 0. The predicted octanol–water partition coefficient (Wildman–Crippen LogP) is 4.51. The zero-order valence-electron chi connectivity index (χ0n) is 16.7. The van der Waals surface area contributed by atoms with Crippen LogP contribution >= 0.6 is 0 Å². The van der Waals surface area contributed by atoms with Crippen LogP contribution in [0.15, 0.2) is 72.8 Å². The van der Waals surface area contributed by atoms with Gasteiger partial charge < -0.3 is 10.1 Å². The summed E-state index contributed by atoms with van der Waals surface area (Å²) >= 11 is 0. The molecule has 0 bridgehead atoms. The monoisotopic (exact) mass is 398 g/mol. The molecule has 1 amide bonds. The van der Waals surface area contributed by atoms with Gasteiger partial charge in [-0.25, -0.2) is 0 Å². The SMILES string of the molecule is COC(=O)CCc1cccc(NC(=O)Cc2ccc(-c3ccc(C#N)cc3)cc2)c1. The second-order valence-corrected chi connectivity index (χ2v) is 6.89. The number of nitrogens with one attached hydrogen (secondary N) is 1. The molecule has 0 atom stereocenters. The summed E-state index contributed by atoms with van der Waals surface area (Å²) in [4.78, 5) is 23.7. The van der Waals surface area contributed by atoms with Crippen LogP contribution in [0.25, 0.3) is 11.1 Å². The lowest BCUT2D eigenvalue weighted by Gasteiger charge is -2.08. The Morgan fingerprint density at radius 1 is 0.933 bits per heavy atom. The molecule has 0 aromatic heterocycles. The van der Waals surface area contributed by atoms with Crippen molar-refractivity contribution in [2.75, 3.05) is 12.4 Å². The number of anilines is 1. The second-order valence-electron chi connectivity index (χ2n) is 6.89. The van der Waals surface area contributed by atoms with Crippen LogP contribution in [0.5, 0.6) is 0 Å². The van der Waals surface area contributed by atoms with Gasteiger partial charge in [-0.05, 0) is 52.9 Å². The van der Waals surface area contributed by atoms with Gasteiger partial charge in [-0.3, -0.25) is 9.59 Å². The van der Waals surface area contributed by atoms with Crippen molar-refractivity contribution in [3.8, 4) is 17.2 Å². The highest BCUT2D eigenvalue weighted by Gasteiger charge is 2.07. The molecule has 0 saturated heterocycles. The molecule has 0 aliphatic rings. The number of carbonyl (C=O) groups excluding carboxylic acids is 2. The van der Waals surface area contributed by atoms with E-state index in [1.165, 1.54) is 7.11 Å². The topological polar surface area (TPSA) is 79.2 Å². The van der Waals surface area contributed by atoms with E-state index in [1.54, 1.807) is 12.1 Å². The molecular formula is C25H22N2O3. The third-order valence-corrected chi connectivity index (χ3v) is 4.72. The molecule has 5 heteroatoms. The lowest BCUT2D eigenvalue weighted by Crippen LogP contribution is -2.14. The molecule has 3 rings (SSSR count). The van der Waals surface area contributed by atoms with Crippen LogP contribution in [0.2, 0.25) is 0 Å². The highest BCUT2D eigenvalue weighted by molar-refractivity contribution is 5.92. The first-order chi connectivity index (χ1) is 14.6. The van der Waals surface area contributed by atoms with Crippen molar-refractivity contribution in [1.82, 2.24) is 0 Å². The van der Waals surface area contributed by atoms with E-state index in [4.69, 9.17) is 5.26 Å². The Hall–Kier alpha value is -3.91. The fraction of sp³-hybridized carbons (Fsp3) is 0.160. The van der Waals surface area contributed by atoms with Gasteiger partial charge in [0.05, 0.1) is 25.2 Å². The number of aryl methyl sites for hydroxylation is 1. The maximum Gasteiger partial charge on any atom is 0.305 e. The molecule has 0 unspecified atom stereocenters. The molecule has 1 N–H and O–H groups in total. The summed E-state index contributed by atoms with van der Waals surface area (Å²) in [5, 5.41) is 11.8. The zero-order valence-corrected chi connectivity index (χ0v) is 16.7. The quantitative estimate of drug-likeness (QED) is 0.594. The molecule has 0 aliphatic carbocycles. The van der Waals surface area contributed by atoms with E-state index >= 15 is 0 Å². The van der Waals surface area contributed by atoms with Crippen molar-refractivity contribution < 1.29 is 14.3 Å². The van der Waals surface area contributed by atoms with E-state index in [2.05, 4.69) is 16.1 Å². The summed E-state index contributed by atoms with van der Waals surface area (Å²) in [7, 11) is 1.37. The first-order valence-electron chi connectivity index (χ1n) is 9.62. The maximum atomic E-state index is 12.4. The number of nitriles is 1.